The largest absolute Gasteiger partial charge is 0.351 e. The Bertz CT molecular complexity index is 1200. The van der Waals surface area contributed by atoms with E-state index >= 15 is 0 Å². The van der Waals surface area contributed by atoms with Crippen molar-refractivity contribution in [3.63, 3.8) is 0 Å². The van der Waals surface area contributed by atoms with Gasteiger partial charge in [-0.25, -0.2) is 12.8 Å². The summed E-state index contributed by atoms with van der Waals surface area (Å²) in [5.74, 6) is -0.168. The normalized spacial score (nSPS) is 15.7. The first kappa shape index (κ1) is 23.4. The Kier molecular flexibility index (Phi) is 7.09. The Balaban J connectivity index is 1.18. The number of sulfonamides is 1. The summed E-state index contributed by atoms with van der Waals surface area (Å²) >= 11 is 0. The van der Waals surface area contributed by atoms with Gasteiger partial charge < -0.3 is 10.3 Å². The van der Waals surface area contributed by atoms with Crippen LogP contribution in [-0.2, 0) is 10.0 Å². The maximum atomic E-state index is 13.8. The molecule has 0 spiro atoms. The minimum absolute atomic E-state index is 0.0583. The molecule has 1 amide bonds. The fourth-order valence-corrected chi connectivity index (χ4v) is 6.10. The fraction of sp³-hybridized carbons (Fsp3) is 0.417. The molecule has 0 aliphatic carbocycles. The molecule has 0 unspecified atom stereocenters. The van der Waals surface area contributed by atoms with Crippen molar-refractivity contribution in [1.29, 1.82) is 0 Å². The van der Waals surface area contributed by atoms with Crippen molar-refractivity contribution in [1.82, 2.24) is 19.6 Å². The highest BCUT2D eigenvalue weighted by Gasteiger charge is 2.30. The van der Waals surface area contributed by atoms with Crippen LogP contribution in [0.25, 0.3) is 10.9 Å². The molecule has 7 nitrogen and oxygen atoms in total. The van der Waals surface area contributed by atoms with Crippen LogP contribution in [0.2, 0.25) is 0 Å². The van der Waals surface area contributed by atoms with E-state index in [-0.39, 0.29) is 16.4 Å². The molecule has 0 radical (unpaired) electrons. The van der Waals surface area contributed by atoms with Crippen molar-refractivity contribution in [2.75, 3.05) is 19.6 Å². The molecule has 1 aromatic carbocycles. The fourth-order valence-electron chi connectivity index (χ4n) is 4.39. The third-order valence-electron chi connectivity index (χ3n) is 6.40. The number of aromatic nitrogens is 2. The molecule has 2 aromatic heterocycles. The number of hydrogen-bond acceptors (Lipinski definition) is 4. The van der Waals surface area contributed by atoms with E-state index in [1.54, 1.807) is 18.5 Å². The lowest BCUT2D eigenvalue weighted by Gasteiger charge is -2.31. The zero-order valence-electron chi connectivity index (χ0n) is 18.7. The Morgan fingerprint density at radius 3 is 2.79 bits per heavy atom. The van der Waals surface area contributed by atoms with Crippen LogP contribution in [0.5, 0.6) is 0 Å². The van der Waals surface area contributed by atoms with Gasteiger partial charge in [0.2, 0.25) is 10.0 Å². The van der Waals surface area contributed by atoms with Crippen molar-refractivity contribution < 1.29 is 17.6 Å². The number of rotatable bonds is 8. The first-order valence-corrected chi connectivity index (χ1v) is 12.8. The molecule has 1 aliphatic rings. The molecule has 1 saturated heterocycles. The van der Waals surface area contributed by atoms with Crippen LogP contribution in [0.3, 0.4) is 0 Å². The van der Waals surface area contributed by atoms with Gasteiger partial charge in [-0.3, -0.25) is 9.78 Å². The van der Waals surface area contributed by atoms with Crippen molar-refractivity contribution in [3.05, 3.63) is 59.8 Å². The number of amides is 1. The first-order valence-electron chi connectivity index (χ1n) is 11.3. The molecular formula is C24H29FN4O3S. The van der Waals surface area contributed by atoms with Gasteiger partial charge >= 0.3 is 0 Å². The number of hydrogen-bond donors (Lipinski definition) is 2. The summed E-state index contributed by atoms with van der Waals surface area (Å²) in [6.45, 7) is 3.01. The lowest BCUT2D eigenvalue weighted by atomic mass is 9.92. The Hall–Kier alpha value is -2.78. The topological polar surface area (TPSA) is 95.2 Å². The summed E-state index contributed by atoms with van der Waals surface area (Å²) in [6, 6.07) is 7.82. The van der Waals surface area contributed by atoms with Gasteiger partial charge in [0.1, 0.15) is 11.5 Å². The van der Waals surface area contributed by atoms with Crippen LogP contribution >= 0.6 is 0 Å². The van der Waals surface area contributed by atoms with Gasteiger partial charge in [-0.1, -0.05) is 18.9 Å². The number of H-pyrrole nitrogens is 1. The van der Waals surface area contributed by atoms with E-state index in [0.29, 0.717) is 31.2 Å². The van der Waals surface area contributed by atoms with Crippen LogP contribution in [0.15, 0.2) is 47.6 Å². The zero-order chi connectivity index (χ0) is 23.4. The van der Waals surface area contributed by atoms with Gasteiger partial charge in [-0.2, -0.15) is 4.31 Å². The Morgan fingerprint density at radius 1 is 1.24 bits per heavy atom. The molecule has 0 bridgehead atoms. The number of halogens is 1. The molecule has 0 atom stereocenters. The number of carbonyl (C=O) groups excluding carboxylic acids is 1. The van der Waals surface area contributed by atoms with Gasteiger partial charge in [0, 0.05) is 48.5 Å². The Morgan fingerprint density at radius 2 is 2.03 bits per heavy atom. The summed E-state index contributed by atoms with van der Waals surface area (Å²) in [6.07, 6.45) is 7.83. The minimum atomic E-state index is -3.67. The molecule has 0 saturated carbocycles. The summed E-state index contributed by atoms with van der Waals surface area (Å²) in [7, 11) is -3.67. The lowest BCUT2D eigenvalue weighted by molar-refractivity contribution is 0.0948. The van der Waals surface area contributed by atoms with E-state index in [4.69, 9.17) is 0 Å². The smallest absolute Gasteiger partial charge is 0.267 e. The van der Waals surface area contributed by atoms with Gasteiger partial charge in [-0.15, -0.1) is 0 Å². The van der Waals surface area contributed by atoms with Crippen molar-refractivity contribution in [2.45, 2.75) is 43.9 Å². The highest BCUT2D eigenvalue weighted by Crippen LogP contribution is 2.28. The number of nitrogens with zero attached hydrogens (tertiary/aromatic N) is 2. The molecule has 1 fully saturated rings. The molecule has 176 valence electrons. The summed E-state index contributed by atoms with van der Waals surface area (Å²) < 4.78 is 41.1. The molecule has 2 N–H and O–H groups in total. The van der Waals surface area contributed by atoms with E-state index in [2.05, 4.69) is 15.3 Å². The average Bonchev–Trinajstić information content (AvgIpc) is 3.25. The highest BCUT2D eigenvalue weighted by atomic mass is 32.2. The van der Waals surface area contributed by atoms with Crippen LogP contribution in [0.1, 0.15) is 48.2 Å². The maximum Gasteiger partial charge on any atom is 0.267 e. The van der Waals surface area contributed by atoms with Crippen LogP contribution in [0, 0.1) is 18.7 Å². The monoisotopic (exact) mass is 472 g/mol. The number of unbranched alkanes of at least 4 members (excludes halogenated alkanes) is 1. The summed E-state index contributed by atoms with van der Waals surface area (Å²) in [5, 5.41) is 3.85. The summed E-state index contributed by atoms with van der Waals surface area (Å²) in [5.41, 5.74) is 1.59. The SMILES string of the molecule is Cc1c(F)cccc1S(=O)(=O)N1CCC(CCCCNC(=O)c2cc3cnccc3[nH]2)CC1. The second-order valence-corrected chi connectivity index (χ2v) is 10.5. The molecule has 9 heteroatoms. The summed E-state index contributed by atoms with van der Waals surface area (Å²) in [4.78, 5) is 19.5. The highest BCUT2D eigenvalue weighted by molar-refractivity contribution is 7.89. The number of aromatic amines is 1. The molecule has 1 aliphatic heterocycles. The van der Waals surface area contributed by atoms with Gasteiger partial charge in [0.15, 0.2) is 0 Å². The predicted molar refractivity (Wildman–Crippen MR) is 125 cm³/mol. The van der Waals surface area contributed by atoms with E-state index in [1.165, 1.54) is 29.4 Å². The van der Waals surface area contributed by atoms with E-state index in [1.807, 2.05) is 6.07 Å². The van der Waals surface area contributed by atoms with Gasteiger partial charge in [0.05, 0.1) is 4.90 Å². The quantitative estimate of drug-likeness (QED) is 0.484. The second kappa shape index (κ2) is 10.0. The molecular weight excluding hydrogens is 443 g/mol. The van der Waals surface area contributed by atoms with Gasteiger partial charge in [0.25, 0.3) is 5.91 Å². The number of nitrogens with one attached hydrogen (secondary N) is 2. The van der Waals surface area contributed by atoms with Crippen molar-refractivity contribution in [2.24, 2.45) is 5.92 Å². The van der Waals surface area contributed by atoms with Crippen molar-refractivity contribution in [3.8, 4) is 0 Å². The standard InChI is InChI=1S/C24H29FN4O3S/c1-17-20(25)6-4-7-23(17)33(31,32)29-13-9-18(10-14-29)5-2-3-11-27-24(30)22-15-19-16-26-12-8-21(19)28-22/h4,6-8,12,15-16,18,28H,2-3,5,9-11,13-14H2,1H3,(H,27,30). The van der Waals surface area contributed by atoms with E-state index < -0.39 is 15.8 Å². The number of piperidine rings is 1. The van der Waals surface area contributed by atoms with Crippen LogP contribution < -0.4 is 5.32 Å². The minimum Gasteiger partial charge on any atom is -0.351 e. The number of pyridine rings is 1. The number of carbonyl (C=O) groups is 1. The molecule has 3 aromatic rings. The third kappa shape index (κ3) is 5.25. The second-order valence-electron chi connectivity index (χ2n) is 8.61. The maximum absolute atomic E-state index is 13.8. The molecule has 33 heavy (non-hydrogen) atoms. The van der Waals surface area contributed by atoms with E-state index in [0.717, 1.165) is 43.0 Å². The number of fused-ring (bicyclic) bond motifs is 1. The molecule has 4 rings (SSSR count). The van der Waals surface area contributed by atoms with E-state index in [9.17, 15) is 17.6 Å². The van der Waals surface area contributed by atoms with Crippen molar-refractivity contribution >= 4 is 26.8 Å². The lowest BCUT2D eigenvalue weighted by Crippen LogP contribution is -2.38. The Labute approximate surface area is 193 Å². The average molecular weight is 473 g/mol. The van der Waals surface area contributed by atoms with Crippen LogP contribution in [0.4, 0.5) is 4.39 Å². The van der Waals surface area contributed by atoms with Gasteiger partial charge in [-0.05, 0) is 56.4 Å². The first-order chi connectivity index (χ1) is 15.9. The predicted octanol–water partition coefficient (Wildman–Crippen LogP) is 4.01. The third-order valence-corrected chi connectivity index (χ3v) is 8.44. The zero-order valence-corrected chi connectivity index (χ0v) is 19.5. The number of benzene rings is 1. The van der Waals surface area contributed by atoms with Crippen LogP contribution in [-0.4, -0.2) is 48.2 Å². The molecule has 3 heterocycles.